The number of nitro benzene ring substituents is 1. The Morgan fingerprint density at radius 2 is 1.79 bits per heavy atom. The summed E-state index contributed by atoms with van der Waals surface area (Å²) < 4.78 is 5.06. The maximum Gasteiger partial charge on any atom is 0.341 e. The van der Waals surface area contributed by atoms with E-state index in [1.165, 1.54) is 30.6 Å². The second-order valence-corrected chi connectivity index (χ2v) is 10.9. The highest BCUT2D eigenvalue weighted by molar-refractivity contribution is 7.17. The first-order valence-electron chi connectivity index (χ1n) is 12.7. The average molecular weight is 548 g/mol. The van der Waals surface area contributed by atoms with Crippen LogP contribution in [0, 0.1) is 23.0 Å². The van der Waals surface area contributed by atoms with Crippen LogP contribution in [0.3, 0.4) is 0 Å². The van der Waals surface area contributed by atoms with E-state index in [2.05, 4.69) is 0 Å². The van der Waals surface area contributed by atoms with E-state index in [4.69, 9.17) is 9.57 Å². The zero-order chi connectivity index (χ0) is 27.4. The number of esters is 1. The first kappa shape index (κ1) is 25.2. The molecule has 2 aliphatic heterocycles. The minimum atomic E-state index is -1.12. The smallest absolute Gasteiger partial charge is 0.341 e. The fourth-order valence-corrected chi connectivity index (χ4v) is 7.17. The number of rotatable bonds is 5. The first-order chi connectivity index (χ1) is 18.8. The zero-order valence-electron chi connectivity index (χ0n) is 21.3. The number of hydroxylamine groups is 1. The highest BCUT2D eigenvalue weighted by Crippen LogP contribution is 2.51. The van der Waals surface area contributed by atoms with Gasteiger partial charge in [0.1, 0.15) is 10.9 Å². The second kappa shape index (κ2) is 9.58. The van der Waals surface area contributed by atoms with Crippen molar-refractivity contribution in [3.05, 3.63) is 85.8 Å². The molecular formula is C28H25N3O7S. The molecule has 2 aromatic carbocycles. The number of nitrogens with zero attached hydrogens (tertiary/aromatic N) is 3. The highest BCUT2D eigenvalue weighted by Gasteiger charge is 2.61. The molecule has 2 saturated heterocycles. The number of carbonyl (C=O) groups is 3. The number of methoxy groups -OCH3 is 1. The van der Waals surface area contributed by atoms with Crippen LogP contribution in [0.5, 0.6) is 0 Å². The fourth-order valence-electron chi connectivity index (χ4n) is 5.79. The molecule has 3 aliphatic rings. The number of non-ortho nitro benzene ring substituents is 1. The summed E-state index contributed by atoms with van der Waals surface area (Å²) in [5, 5.41) is 13.1. The lowest BCUT2D eigenvalue weighted by atomic mass is 9.90. The van der Waals surface area contributed by atoms with E-state index in [9.17, 15) is 24.5 Å². The van der Waals surface area contributed by atoms with Crippen LogP contribution >= 0.6 is 11.3 Å². The van der Waals surface area contributed by atoms with Crippen molar-refractivity contribution in [1.29, 1.82) is 0 Å². The third-order valence-electron chi connectivity index (χ3n) is 7.66. The van der Waals surface area contributed by atoms with Crippen molar-refractivity contribution in [2.45, 2.75) is 44.8 Å². The maximum absolute atomic E-state index is 14.1. The van der Waals surface area contributed by atoms with Crippen LogP contribution in [0.15, 0.2) is 48.5 Å². The average Bonchev–Trinajstić information content (AvgIpc) is 3.58. The van der Waals surface area contributed by atoms with Gasteiger partial charge in [0, 0.05) is 17.0 Å². The van der Waals surface area contributed by atoms with Gasteiger partial charge in [-0.15, -0.1) is 11.3 Å². The zero-order valence-corrected chi connectivity index (χ0v) is 22.1. The Morgan fingerprint density at radius 1 is 1.08 bits per heavy atom. The Bertz CT molecular complexity index is 1520. The molecular weight excluding hydrogens is 522 g/mol. The lowest BCUT2D eigenvalue weighted by molar-refractivity contribution is -0.384. The van der Waals surface area contributed by atoms with Gasteiger partial charge < -0.3 is 4.74 Å². The van der Waals surface area contributed by atoms with Crippen LogP contribution in [0.25, 0.3) is 0 Å². The first-order valence-corrected chi connectivity index (χ1v) is 13.5. The molecule has 10 nitrogen and oxygen atoms in total. The lowest BCUT2D eigenvalue weighted by Gasteiger charge is -2.29. The molecule has 0 saturated carbocycles. The number of aryl methyl sites for hydroxylation is 2. The summed E-state index contributed by atoms with van der Waals surface area (Å²) in [6.45, 7) is 1.90. The number of benzene rings is 2. The fraction of sp³-hybridized carbons (Fsp3) is 0.321. The van der Waals surface area contributed by atoms with Crippen molar-refractivity contribution in [2.75, 3.05) is 17.1 Å². The minimum Gasteiger partial charge on any atom is -0.465 e. The van der Waals surface area contributed by atoms with Gasteiger partial charge in [-0.05, 0) is 55.4 Å². The van der Waals surface area contributed by atoms with Crippen molar-refractivity contribution in [3.8, 4) is 0 Å². The van der Waals surface area contributed by atoms with Gasteiger partial charge in [-0.25, -0.2) is 14.8 Å². The molecule has 1 aliphatic carbocycles. The van der Waals surface area contributed by atoms with E-state index in [1.807, 2.05) is 31.2 Å². The Hall–Kier alpha value is -4.09. The summed E-state index contributed by atoms with van der Waals surface area (Å²) in [6, 6.07) is 12.6. The number of hydrogen-bond donors (Lipinski definition) is 0. The van der Waals surface area contributed by atoms with E-state index >= 15 is 0 Å². The largest absolute Gasteiger partial charge is 0.465 e. The number of imide groups is 1. The van der Waals surface area contributed by atoms with Crippen molar-refractivity contribution < 1.29 is 28.9 Å². The third kappa shape index (κ3) is 3.92. The lowest BCUT2D eigenvalue weighted by Crippen LogP contribution is -2.38. The topological polar surface area (TPSA) is 119 Å². The molecule has 11 heteroatoms. The van der Waals surface area contributed by atoms with Gasteiger partial charge >= 0.3 is 5.97 Å². The molecule has 6 rings (SSSR count). The molecule has 3 heterocycles. The molecule has 3 atom stereocenters. The quantitative estimate of drug-likeness (QED) is 0.195. The van der Waals surface area contributed by atoms with Gasteiger partial charge in [0.2, 0.25) is 5.91 Å². The molecule has 0 radical (unpaired) electrons. The number of carbonyl (C=O) groups excluding carboxylic acids is 3. The standard InChI is InChI=1S/C28H25N3O7S/c1-15-7-3-5-9-19(15)30-23(16-11-13-17(14-12-16)31(35)36)22-24(38-30)26(33)29(25(22)32)27-21(28(34)37-2)18-8-4-6-10-20(18)39-27/h3,5,7,9,11-14,22-24H,4,6,8,10H2,1-2H3/t22-,23-,24+/m1/s1. The number of amides is 2. The number of para-hydroxylation sites is 1. The number of hydrogen-bond acceptors (Lipinski definition) is 9. The number of ether oxygens (including phenoxy) is 1. The van der Waals surface area contributed by atoms with E-state index in [1.54, 1.807) is 17.2 Å². The van der Waals surface area contributed by atoms with Crippen LogP contribution in [-0.2, 0) is 32.0 Å². The van der Waals surface area contributed by atoms with E-state index in [0.717, 1.165) is 40.2 Å². The maximum atomic E-state index is 14.1. The van der Waals surface area contributed by atoms with Crippen LogP contribution < -0.4 is 9.96 Å². The molecule has 3 aromatic rings. The van der Waals surface area contributed by atoms with Crippen LogP contribution in [0.2, 0.25) is 0 Å². The van der Waals surface area contributed by atoms with Crippen LogP contribution in [0.4, 0.5) is 16.4 Å². The molecule has 0 spiro atoms. The van der Waals surface area contributed by atoms with Crippen molar-refractivity contribution >= 4 is 45.5 Å². The predicted octanol–water partition coefficient (Wildman–Crippen LogP) is 4.68. The second-order valence-electron chi connectivity index (χ2n) is 9.85. The third-order valence-corrected chi connectivity index (χ3v) is 8.94. The van der Waals surface area contributed by atoms with Crippen molar-refractivity contribution in [2.24, 2.45) is 5.92 Å². The van der Waals surface area contributed by atoms with Gasteiger partial charge in [0.15, 0.2) is 6.10 Å². The summed E-state index contributed by atoms with van der Waals surface area (Å²) in [5.74, 6) is -2.52. The van der Waals surface area contributed by atoms with Gasteiger partial charge in [-0.3, -0.25) is 24.5 Å². The van der Waals surface area contributed by atoms with Gasteiger partial charge in [-0.1, -0.05) is 30.3 Å². The van der Waals surface area contributed by atoms with Gasteiger partial charge in [0.05, 0.1) is 29.3 Å². The molecule has 1 aromatic heterocycles. The van der Waals surface area contributed by atoms with Crippen molar-refractivity contribution in [3.63, 3.8) is 0 Å². The van der Waals surface area contributed by atoms with Crippen LogP contribution in [0.1, 0.15) is 50.8 Å². The minimum absolute atomic E-state index is 0.0843. The number of thiophene rings is 1. The number of nitro groups is 1. The van der Waals surface area contributed by atoms with Crippen LogP contribution in [-0.4, -0.2) is 35.9 Å². The molecule has 200 valence electrons. The summed E-state index contributed by atoms with van der Waals surface area (Å²) in [7, 11) is 1.29. The molecule has 0 unspecified atom stereocenters. The predicted molar refractivity (Wildman–Crippen MR) is 143 cm³/mol. The molecule has 39 heavy (non-hydrogen) atoms. The van der Waals surface area contributed by atoms with E-state index in [0.29, 0.717) is 17.7 Å². The Morgan fingerprint density at radius 3 is 2.49 bits per heavy atom. The van der Waals surface area contributed by atoms with E-state index < -0.39 is 40.8 Å². The SMILES string of the molecule is COC(=O)c1c(N2C(=O)[C@H]3[C@H](ON(c4ccccc4C)[C@@H]3c3ccc([N+](=O)[O-])cc3)C2=O)sc2c1CCCC2. The Kier molecular flexibility index (Phi) is 6.19. The molecule has 0 bridgehead atoms. The van der Waals surface area contributed by atoms with E-state index in [-0.39, 0.29) is 16.3 Å². The normalized spacial score (nSPS) is 22.2. The van der Waals surface area contributed by atoms with Gasteiger partial charge in [-0.2, -0.15) is 0 Å². The molecule has 2 amide bonds. The Labute approximate surface area is 227 Å². The number of fused-ring (bicyclic) bond motifs is 2. The summed E-state index contributed by atoms with van der Waals surface area (Å²) in [4.78, 5) is 60.0. The summed E-state index contributed by atoms with van der Waals surface area (Å²) in [6.07, 6.45) is 2.22. The van der Waals surface area contributed by atoms with Crippen molar-refractivity contribution in [1.82, 2.24) is 0 Å². The van der Waals surface area contributed by atoms with Gasteiger partial charge in [0.25, 0.3) is 11.6 Å². The summed E-state index contributed by atoms with van der Waals surface area (Å²) >= 11 is 1.29. The summed E-state index contributed by atoms with van der Waals surface area (Å²) in [5.41, 5.74) is 3.20. The monoisotopic (exact) mass is 547 g/mol. The number of anilines is 2. The Balaban J connectivity index is 1.46. The molecule has 0 N–H and O–H groups in total. The highest BCUT2D eigenvalue weighted by atomic mass is 32.1. The molecule has 2 fully saturated rings.